The lowest BCUT2D eigenvalue weighted by molar-refractivity contribution is 0.341. The van der Waals surface area contributed by atoms with Gasteiger partial charge in [0.2, 0.25) is 0 Å². The molecule has 0 saturated carbocycles. The molecule has 0 bridgehead atoms. The van der Waals surface area contributed by atoms with E-state index in [0.29, 0.717) is 5.75 Å². The van der Waals surface area contributed by atoms with Crippen molar-refractivity contribution in [2.24, 2.45) is 0 Å². The molecule has 1 aromatic heterocycles. The lowest BCUT2D eigenvalue weighted by atomic mass is 10.3. The highest BCUT2D eigenvalue weighted by atomic mass is 32.1. The van der Waals surface area contributed by atoms with Crippen molar-refractivity contribution in [2.75, 3.05) is 0 Å². The monoisotopic (exact) mass is 437 g/mol. The van der Waals surface area contributed by atoms with Gasteiger partial charge in [-0.25, -0.2) is 0 Å². The number of phenolic OH excluding ortho intramolecular Hbond substituents is 2. The first-order valence-electron chi connectivity index (χ1n) is 8.88. The summed E-state index contributed by atoms with van der Waals surface area (Å²) >= 11 is 3.80. The summed E-state index contributed by atoms with van der Waals surface area (Å²) in [5, 5.41) is 19.9. The van der Waals surface area contributed by atoms with Gasteiger partial charge in [0, 0.05) is 12.9 Å². The van der Waals surface area contributed by atoms with Crippen molar-refractivity contribution in [1.82, 2.24) is 15.0 Å². The van der Waals surface area contributed by atoms with Crippen LogP contribution in [0.2, 0.25) is 0 Å². The van der Waals surface area contributed by atoms with Gasteiger partial charge in [0.25, 0.3) is 0 Å². The number of nitrogens with zero attached hydrogens (tertiary/aromatic N) is 3. The van der Waals surface area contributed by atoms with Crippen LogP contribution in [0.25, 0.3) is 0 Å². The number of phenols is 2. The van der Waals surface area contributed by atoms with E-state index < -0.39 is 0 Å². The first kappa shape index (κ1) is 20.1. The number of benzene rings is 3. The van der Waals surface area contributed by atoms with Gasteiger partial charge < -0.3 is 28.6 Å². The predicted octanol–water partition coefficient (Wildman–Crippen LogP) is 4.88. The molecule has 0 aliphatic heterocycles. The van der Waals surface area contributed by atoms with Crippen molar-refractivity contribution in [3.8, 4) is 52.5 Å². The second kappa shape index (κ2) is 9.09. The molecule has 0 fully saturated rings. The Bertz CT molecular complexity index is 1140. The molecule has 156 valence electrons. The summed E-state index contributed by atoms with van der Waals surface area (Å²) in [7, 11) is 0. The summed E-state index contributed by atoms with van der Waals surface area (Å²) in [4.78, 5) is 12.3. The van der Waals surface area contributed by atoms with E-state index in [-0.39, 0.29) is 46.8 Å². The fourth-order valence-electron chi connectivity index (χ4n) is 2.45. The molecule has 31 heavy (non-hydrogen) atoms. The van der Waals surface area contributed by atoms with Crippen molar-refractivity contribution in [2.45, 2.75) is 0 Å². The quantitative estimate of drug-likeness (QED) is 0.275. The van der Waals surface area contributed by atoms with Crippen LogP contribution in [-0.2, 0) is 0 Å². The van der Waals surface area contributed by atoms with E-state index in [1.807, 2.05) is 0 Å². The molecule has 4 aromatic rings. The molecule has 0 radical (unpaired) electrons. The van der Waals surface area contributed by atoms with E-state index in [9.17, 15) is 10.2 Å². The Morgan fingerprint density at radius 2 is 0.871 bits per heavy atom. The molecule has 0 saturated heterocycles. The largest absolute Gasteiger partial charge is 0.504 e. The first-order valence-corrected chi connectivity index (χ1v) is 9.25. The van der Waals surface area contributed by atoms with Crippen LogP contribution in [0.1, 0.15) is 0 Å². The van der Waals surface area contributed by atoms with E-state index in [4.69, 9.17) is 18.4 Å². The van der Waals surface area contributed by atoms with E-state index in [1.54, 1.807) is 48.5 Å². The van der Waals surface area contributed by atoms with Crippen LogP contribution >= 0.6 is 12.9 Å². The average molecular weight is 437 g/mol. The van der Waals surface area contributed by atoms with Crippen molar-refractivity contribution >= 4 is 12.9 Å². The van der Waals surface area contributed by atoms with Gasteiger partial charge in [0.1, 0.15) is 0 Å². The topological polar surface area (TPSA) is 116 Å². The Balaban J connectivity index is 1.71. The maximum atomic E-state index is 9.97. The predicted molar refractivity (Wildman–Crippen MR) is 112 cm³/mol. The summed E-state index contributed by atoms with van der Waals surface area (Å²) in [6.45, 7) is 0. The second-order valence-corrected chi connectivity index (χ2v) is 6.15. The highest BCUT2D eigenvalue weighted by molar-refractivity contribution is 7.75. The van der Waals surface area contributed by atoms with E-state index >= 15 is 0 Å². The van der Waals surface area contributed by atoms with Gasteiger partial charge in [0.15, 0.2) is 34.5 Å². The van der Waals surface area contributed by atoms with Crippen molar-refractivity contribution in [3.63, 3.8) is 0 Å². The zero-order valence-corrected chi connectivity index (χ0v) is 16.6. The minimum atomic E-state index is -0.207. The molecule has 0 aliphatic rings. The summed E-state index contributed by atoms with van der Waals surface area (Å²) in [5.41, 5.74) is 0. The van der Waals surface area contributed by atoms with Gasteiger partial charge in [-0.2, -0.15) is 0 Å². The third-order valence-corrected chi connectivity index (χ3v) is 4.05. The summed E-state index contributed by atoms with van der Waals surface area (Å²) < 4.78 is 21.8. The van der Waals surface area contributed by atoms with Crippen LogP contribution in [0, 0.1) is 0 Å². The minimum absolute atomic E-state index is 0.109. The molecule has 0 aliphatic carbocycles. The number of aromatic nitrogens is 3. The van der Waals surface area contributed by atoms with Gasteiger partial charge in [-0.05, 0) is 36.4 Å². The van der Waals surface area contributed by atoms with Crippen molar-refractivity contribution in [1.29, 1.82) is 0 Å². The number of rotatable bonds is 7. The van der Waals surface area contributed by atoms with Crippen LogP contribution < -0.4 is 18.4 Å². The molecule has 3 aromatic carbocycles. The number of para-hydroxylation sites is 6. The lowest BCUT2D eigenvalue weighted by Gasteiger charge is -2.11. The number of thiol groups is 1. The zero-order chi connectivity index (χ0) is 21.6. The molecular formula is C21H15N3O6S. The van der Waals surface area contributed by atoms with Gasteiger partial charge in [-0.3, -0.25) is 0 Å². The van der Waals surface area contributed by atoms with Crippen molar-refractivity contribution < 1.29 is 28.6 Å². The average Bonchev–Trinajstić information content (AvgIpc) is 2.77. The molecule has 0 unspecified atom stereocenters. The molecule has 0 atom stereocenters. The first-order chi connectivity index (χ1) is 15.1. The minimum Gasteiger partial charge on any atom is -0.504 e. The molecule has 10 heteroatoms. The SMILES string of the molecule is Oc1ccccc1Oc1nc(Oc2ccccc2O)nc(Oc2ccccc2OS)n1. The maximum Gasteiger partial charge on any atom is 0.331 e. The van der Waals surface area contributed by atoms with Gasteiger partial charge in [0.05, 0.1) is 0 Å². The Morgan fingerprint density at radius 3 is 1.29 bits per heavy atom. The highest BCUT2D eigenvalue weighted by Gasteiger charge is 2.16. The molecule has 9 nitrogen and oxygen atoms in total. The highest BCUT2D eigenvalue weighted by Crippen LogP contribution is 2.35. The molecule has 0 spiro atoms. The van der Waals surface area contributed by atoms with Crippen molar-refractivity contribution in [3.05, 3.63) is 72.8 Å². The standard InChI is InChI=1S/C21H15N3O6S/c25-13-7-1-3-9-15(13)27-19-22-20(28-16-10-4-2-8-14(16)26)24-21(23-19)29-17-11-5-6-12-18(17)30-31/h1-12,25-26,31H. The van der Waals surface area contributed by atoms with Crippen LogP contribution in [-0.4, -0.2) is 25.2 Å². The lowest BCUT2D eigenvalue weighted by Crippen LogP contribution is -2.01. The van der Waals surface area contributed by atoms with Gasteiger partial charge in [-0.1, -0.05) is 36.4 Å². The van der Waals surface area contributed by atoms with Crippen LogP contribution in [0.5, 0.6) is 52.5 Å². The van der Waals surface area contributed by atoms with E-state index in [1.165, 1.54) is 24.3 Å². The maximum absolute atomic E-state index is 9.97. The third-order valence-electron chi connectivity index (χ3n) is 3.86. The van der Waals surface area contributed by atoms with Crippen LogP contribution in [0.15, 0.2) is 72.8 Å². The third kappa shape index (κ3) is 4.87. The number of ether oxygens (including phenoxy) is 3. The number of hydrogen-bond donors (Lipinski definition) is 3. The fraction of sp³-hybridized carbons (Fsp3) is 0. The fourth-order valence-corrected chi connectivity index (χ4v) is 2.60. The number of hydrogen-bond acceptors (Lipinski definition) is 10. The Labute approximate surface area is 182 Å². The Kier molecular flexibility index (Phi) is 5.90. The molecule has 4 rings (SSSR count). The van der Waals surface area contributed by atoms with E-state index in [2.05, 4.69) is 27.9 Å². The molecule has 1 heterocycles. The smallest absolute Gasteiger partial charge is 0.331 e. The van der Waals surface area contributed by atoms with E-state index in [0.717, 1.165) is 0 Å². The van der Waals surface area contributed by atoms with Gasteiger partial charge >= 0.3 is 18.0 Å². The summed E-state index contributed by atoms with van der Waals surface area (Å²) in [5.74, 6) is 0.632. The second-order valence-electron chi connectivity index (χ2n) is 5.96. The summed E-state index contributed by atoms with van der Waals surface area (Å²) in [6, 6.07) is 18.8. The zero-order valence-electron chi connectivity index (χ0n) is 15.7. The normalized spacial score (nSPS) is 10.4. The van der Waals surface area contributed by atoms with Crippen LogP contribution in [0.3, 0.4) is 0 Å². The summed E-state index contributed by atoms with van der Waals surface area (Å²) in [6.07, 6.45) is 0. The molecular weight excluding hydrogens is 422 g/mol. The molecule has 0 amide bonds. The number of aromatic hydroxyl groups is 2. The Morgan fingerprint density at radius 1 is 0.516 bits per heavy atom. The van der Waals surface area contributed by atoms with Gasteiger partial charge in [-0.15, -0.1) is 15.0 Å². The van der Waals surface area contributed by atoms with Crippen LogP contribution in [0.4, 0.5) is 0 Å². The Hall–Kier alpha value is -4.18. The molecule has 2 N–H and O–H groups in total.